The summed E-state index contributed by atoms with van der Waals surface area (Å²) in [6.07, 6.45) is 5.76. The number of rotatable bonds is 6. The quantitative estimate of drug-likeness (QED) is 0.259. The zero-order valence-corrected chi connectivity index (χ0v) is 20.4. The van der Waals surface area contributed by atoms with E-state index in [0.717, 1.165) is 41.7 Å². The molecule has 184 valence electrons. The summed E-state index contributed by atoms with van der Waals surface area (Å²) in [7, 11) is 2.16. The number of halogens is 5. The number of likely N-dealkylation sites (N-methyl/N-ethyl adjacent to an activating group) is 1. The van der Waals surface area contributed by atoms with Crippen molar-refractivity contribution in [3.05, 3.63) is 82.9 Å². The molecule has 1 fully saturated rings. The molecule has 2 aliphatic rings. The van der Waals surface area contributed by atoms with Crippen LogP contribution in [0.5, 0.6) is 0 Å². The lowest BCUT2D eigenvalue weighted by atomic mass is 9.85. The molecule has 2 heterocycles. The predicted molar refractivity (Wildman–Crippen MR) is 113 cm³/mol. The predicted octanol–water partition coefficient (Wildman–Crippen LogP) is 1.35. The summed E-state index contributed by atoms with van der Waals surface area (Å²) in [5.74, 6) is -6.11. The molecule has 34 heavy (non-hydrogen) atoms. The minimum atomic E-state index is -2.66. The number of benzene rings is 2. The first-order valence-electron chi connectivity index (χ1n) is 11.0. The van der Waals surface area contributed by atoms with Crippen molar-refractivity contribution >= 4 is 5.97 Å². The van der Waals surface area contributed by atoms with Crippen LogP contribution >= 0.6 is 0 Å². The Labute approximate surface area is 206 Å². The van der Waals surface area contributed by atoms with Gasteiger partial charge in [-0.05, 0) is 42.8 Å². The summed E-state index contributed by atoms with van der Waals surface area (Å²) in [6, 6.07) is 5.12. The zero-order valence-electron chi connectivity index (χ0n) is 18.8. The number of piperidine rings is 1. The van der Waals surface area contributed by atoms with E-state index in [-0.39, 0.29) is 40.2 Å². The molecule has 0 amide bonds. The third-order valence-corrected chi connectivity index (χ3v) is 7.03. The van der Waals surface area contributed by atoms with Gasteiger partial charge in [-0.1, -0.05) is 19.1 Å². The van der Waals surface area contributed by atoms with Gasteiger partial charge in [0.2, 0.25) is 5.60 Å². The normalized spacial score (nSPS) is 25.7. The third-order valence-electron chi connectivity index (χ3n) is 7.03. The Hall–Kier alpha value is -2.23. The van der Waals surface area contributed by atoms with Crippen LogP contribution in [0.1, 0.15) is 37.3 Å². The lowest BCUT2D eigenvalue weighted by Crippen LogP contribution is -3.00. The number of hydrogen-bond donors (Lipinski definition) is 1. The average molecular weight is 544 g/mol. The molecule has 4 atom stereocenters. The summed E-state index contributed by atoms with van der Waals surface area (Å²) in [6.45, 7) is 3.08. The van der Waals surface area contributed by atoms with Gasteiger partial charge in [-0.2, -0.15) is 0 Å². The number of ether oxygens (including phenoxy) is 1. The summed E-state index contributed by atoms with van der Waals surface area (Å²) in [5.41, 5.74) is -3.35. The van der Waals surface area contributed by atoms with Crippen molar-refractivity contribution in [2.45, 2.75) is 50.0 Å². The van der Waals surface area contributed by atoms with Gasteiger partial charge in [-0.25, -0.2) is 22.4 Å². The number of carbonyl (C=O) groups excluding carboxylic acids is 1. The van der Waals surface area contributed by atoms with Crippen LogP contribution in [0.15, 0.2) is 48.6 Å². The van der Waals surface area contributed by atoms with Crippen LogP contribution in [-0.2, 0) is 15.1 Å². The number of quaternary nitrogens is 1. The molecule has 2 aliphatic heterocycles. The summed E-state index contributed by atoms with van der Waals surface area (Å²) in [5, 5.41) is 11.4. The fraction of sp³-hybridized carbons (Fsp3) is 0.400. The van der Waals surface area contributed by atoms with Crippen LogP contribution in [0.3, 0.4) is 0 Å². The maximum atomic E-state index is 14.0. The molecule has 9 heteroatoms. The summed E-state index contributed by atoms with van der Waals surface area (Å²) in [4.78, 5) is 13.3. The Balaban J connectivity index is 0.00000324. The maximum Gasteiger partial charge on any atom is 0.347 e. The van der Waals surface area contributed by atoms with E-state index < -0.39 is 40.9 Å². The van der Waals surface area contributed by atoms with Crippen molar-refractivity contribution in [2.75, 3.05) is 13.6 Å². The molecular weight excluding hydrogens is 518 g/mol. The lowest BCUT2D eigenvalue weighted by Gasteiger charge is -2.47. The molecule has 4 nitrogen and oxygen atoms in total. The van der Waals surface area contributed by atoms with E-state index in [1.807, 2.05) is 0 Å². The highest BCUT2D eigenvalue weighted by molar-refractivity contribution is 5.85. The van der Waals surface area contributed by atoms with Crippen molar-refractivity contribution in [3.63, 3.8) is 0 Å². The standard InChI is InChI=1S/C25H26F4NO3.BrH/c1-3-10-30(2)17-6-7-18(30)14-19(13-17)33-24(31)25(32,15-4-8-20(26)22(28)11-15)16-5-9-21(27)23(29)12-16;/h4-9,11-12,17-19,32H,3,10,13-14H2,1-2H3;1H/q+1;/p-1/t17-,18?,19?,30?;/m1./s1. The highest BCUT2D eigenvalue weighted by atomic mass is 79.9. The number of esters is 1. The number of nitrogens with zero attached hydrogens (tertiary/aromatic N) is 1. The first-order chi connectivity index (χ1) is 15.6. The van der Waals surface area contributed by atoms with E-state index in [2.05, 4.69) is 26.1 Å². The van der Waals surface area contributed by atoms with Gasteiger partial charge in [0.1, 0.15) is 18.2 Å². The van der Waals surface area contributed by atoms with Crippen LogP contribution in [0, 0.1) is 23.3 Å². The Morgan fingerprint density at radius 3 is 1.85 bits per heavy atom. The van der Waals surface area contributed by atoms with Gasteiger partial charge in [0.25, 0.3) is 0 Å². The van der Waals surface area contributed by atoms with Gasteiger partial charge in [0, 0.05) is 24.0 Å². The van der Waals surface area contributed by atoms with E-state index in [1.165, 1.54) is 0 Å². The number of fused-ring (bicyclic) bond motifs is 2. The molecule has 0 spiro atoms. The molecule has 0 aliphatic carbocycles. The first kappa shape index (κ1) is 26.4. The Kier molecular flexibility index (Phi) is 7.60. The minimum Gasteiger partial charge on any atom is -1.00 e. The van der Waals surface area contributed by atoms with Gasteiger partial charge >= 0.3 is 5.97 Å². The first-order valence-corrected chi connectivity index (χ1v) is 11.0. The molecule has 2 aromatic rings. The molecule has 4 rings (SSSR count). The molecule has 1 saturated heterocycles. The summed E-state index contributed by atoms with van der Waals surface area (Å²) >= 11 is 0. The summed E-state index contributed by atoms with van der Waals surface area (Å²) < 4.78 is 61.5. The van der Waals surface area contributed by atoms with Crippen molar-refractivity contribution < 1.29 is 53.7 Å². The monoisotopic (exact) mass is 543 g/mol. The minimum absolute atomic E-state index is 0. The van der Waals surface area contributed by atoms with Crippen molar-refractivity contribution in [1.29, 1.82) is 0 Å². The molecular formula is C25H26BrF4NO3. The van der Waals surface area contributed by atoms with Gasteiger partial charge in [0.15, 0.2) is 23.3 Å². The molecule has 3 unspecified atom stereocenters. The van der Waals surface area contributed by atoms with Crippen molar-refractivity contribution in [1.82, 2.24) is 0 Å². The highest BCUT2D eigenvalue weighted by Gasteiger charge is 2.51. The fourth-order valence-corrected chi connectivity index (χ4v) is 5.16. The fourth-order valence-electron chi connectivity index (χ4n) is 5.16. The lowest BCUT2D eigenvalue weighted by molar-refractivity contribution is -0.944. The van der Waals surface area contributed by atoms with E-state index >= 15 is 0 Å². The van der Waals surface area contributed by atoms with Gasteiger partial charge in [-0.3, -0.25) is 0 Å². The van der Waals surface area contributed by atoms with Gasteiger partial charge in [-0.15, -0.1) is 0 Å². The third kappa shape index (κ3) is 4.41. The Morgan fingerprint density at radius 2 is 1.44 bits per heavy atom. The van der Waals surface area contributed by atoms with Crippen LogP contribution in [0.2, 0.25) is 0 Å². The van der Waals surface area contributed by atoms with Crippen LogP contribution < -0.4 is 17.0 Å². The van der Waals surface area contributed by atoms with Crippen LogP contribution in [0.4, 0.5) is 17.6 Å². The Morgan fingerprint density at radius 1 is 0.971 bits per heavy atom. The van der Waals surface area contributed by atoms with Gasteiger partial charge < -0.3 is 31.3 Å². The second-order valence-corrected chi connectivity index (χ2v) is 9.06. The molecule has 0 saturated carbocycles. The highest BCUT2D eigenvalue weighted by Crippen LogP contribution is 2.40. The average Bonchev–Trinajstić information content (AvgIpc) is 2.93. The molecule has 1 N–H and O–H groups in total. The van der Waals surface area contributed by atoms with Crippen LogP contribution in [0.25, 0.3) is 0 Å². The molecule has 0 radical (unpaired) electrons. The van der Waals surface area contributed by atoms with Crippen molar-refractivity contribution in [3.8, 4) is 0 Å². The van der Waals surface area contributed by atoms with E-state index in [0.29, 0.717) is 25.0 Å². The molecule has 2 bridgehead atoms. The number of carbonyl (C=O) groups is 1. The zero-order chi connectivity index (χ0) is 24.0. The van der Waals surface area contributed by atoms with Crippen LogP contribution in [-0.4, -0.2) is 47.3 Å². The second-order valence-electron chi connectivity index (χ2n) is 9.06. The van der Waals surface area contributed by atoms with E-state index in [4.69, 9.17) is 4.74 Å². The second kappa shape index (κ2) is 9.79. The van der Waals surface area contributed by atoms with E-state index in [9.17, 15) is 27.5 Å². The van der Waals surface area contributed by atoms with Crippen molar-refractivity contribution in [2.24, 2.45) is 0 Å². The SMILES string of the molecule is CCC[N+]1(C)C2C=C[C@@H]1CC(OC(=O)C(O)(c1ccc(F)c(F)c1)c1ccc(F)c(F)c1)C2.[Br-]. The smallest absolute Gasteiger partial charge is 0.347 e. The van der Waals surface area contributed by atoms with Gasteiger partial charge in [0.05, 0.1) is 13.6 Å². The maximum absolute atomic E-state index is 14.0. The molecule has 0 aromatic heterocycles. The number of aliphatic hydroxyl groups is 1. The Bertz CT molecular complexity index is 1040. The topological polar surface area (TPSA) is 46.5 Å². The number of hydrogen-bond acceptors (Lipinski definition) is 3. The van der Waals surface area contributed by atoms with E-state index in [1.54, 1.807) is 0 Å². The largest absolute Gasteiger partial charge is 1.00 e. The molecule has 2 aromatic carbocycles.